The van der Waals surface area contributed by atoms with Crippen molar-refractivity contribution in [3.8, 4) is 0 Å². The summed E-state index contributed by atoms with van der Waals surface area (Å²) >= 11 is 3.12. The number of carbonyl (C=O) groups excluding carboxylic acids is 1. The number of primary amides is 1. The molecule has 0 fully saturated rings. The molecule has 2 nitrogen and oxygen atoms in total. The minimum Gasteiger partial charge on any atom is -0.369 e. The largest absolute Gasteiger partial charge is 0.369 e. The van der Waals surface area contributed by atoms with Crippen LogP contribution in [0.3, 0.4) is 0 Å². The molecule has 1 amide bonds. The van der Waals surface area contributed by atoms with Crippen molar-refractivity contribution < 1.29 is 18.0 Å². The van der Waals surface area contributed by atoms with Crippen molar-refractivity contribution in [1.82, 2.24) is 0 Å². The monoisotopic (exact) mass is 173 g/mol. The molecule has 6 heteroatoms. The molecular formula is C4H6F3NOS. The first-order valence-corrected chi connectivity index (χ1v) is 2.84. The molecule has 2 N–H and O–H groups in total. The number of halogens is 3. The molecule has 1 atom stereocenters. The molecule has 1 unspecified atom stereocenters. The molecule has 0 aliphatic rings. The summed E-state index contributed by atoms with van der Waals surface area (Å²) < 4.78 is 35.5. The van der Waals surface area contributed by atoms with Crippen LogP contribution < -0.4 is 5.73 Å². The van der Waals surface area contributed by atoms with Gasteiger partial charge >= 0.3 is 0 Å². The maximum absolute atomic E-state index is 12.0. The lowest BCUT2D eigenvalue weighted by Crippen LogP contribution is -2.41. The summed E-state index contributed by atoms with van der Waals surface area (Å²) in [5.41, 5.74) is 4.44. The van der Waals surface area contributed by atoms with Gasteiger partial charge in [0.2, 0.25) is 5.91 Å². The highest BCUT2D eigenvalue weighted by atomic mass is 32.1. The zero-order valence-electron chi connectivity index (χ0n) is 4.85. The van der Waals surface area contributed by atoms with Crippen LogP contribution in [0.2, 0.25) is 0 Å². The summed E-state index contributed by atoms with van der Waals surface area (Å²) in [5, 5.41) is -2.04. The summed E-state index contributed by atoms with van der Waals surface area (Å²) in [6.07, 6.45) is 0. The fourth-order valence-corrected chi connectivity index (χ4v) is 0.350. The molecule has 0 saturated carbocycles. The number of amides is 1. The molecule has 0 aromatic carbocycles. The van der Waals surface area contributed by atoms with Crippen molar-refractivity contribution in [3.63, 3.8) is 0 Å². The third-order valence-corrected chi connectivity index (χ3v) is 1.48. The Balaban J connectivity index is 4.17. The average Bonchev–Trinajstić information content (AvgIpc) is 1.86. The van der Waals surface area contributed by atoms with E-state index >= 15 is 0 Å². The van der Waals surface area contributed by atoms with Crippen LogP contribution in [0.5, 0.6) is 0 Å². The van der Waals surface area contributed by atoms with E-state index in [0.29, 0.717) is 0 Å². The van der Waals surface area contributed by atoms with E-state index in [-0.39, 0.29) is 0 Å². The van der Waals surface area contributed by atoms with Crippen LogP contribution in [0.15, 0.2) is 0 Å². The lowest BCUT2D eigenvalue weighted by molar-refractivity contribution is -0.124. The van der Waals surface area contributed by atoms with E-state index in [1.54, 1.807) is 0 Å². The van der Waals surface area contributed by atoms with E-state index in [0.717, 1.165) is 0 Å². The summed E-state index contributed by atoms with van der Waals surface area (Å²) in [6.45, 7) is -1.93. The summed E-state index contributed by atoms with van der Waals surface area (Å²) in [7, 11) is 0. The fourth-order valence-electron chi connectivity index (χ4n) is 0.281. The summed E-state index contributed by atoms with van der Waals surface area (Å²) in [4.78, 5) is 10.0. The summed E-state index contributed by atoms with van der Waals surface area (Å²) in [6, 6.07) is 0. The van der Waals surface area contributed by atoms with E-state index in [1.165, 1.54) is 0 Å². The molecule has 0 saturated heterocycles. The maximum Gasteiger partial charge on any atom is 0.296 e. The standard InChI is InChI=1S/C4H6F3NOS/c5-1-4(6,7)2(10)3(8)9/h2,10H,1H2,(H2,8,9). The van der Waals surface area contributed by atoms with E-state index < -0.39 is 23.8 Å². The van der Waals surface area contributed by atoms with Gasteiger partial charge in [0.25, 0.3) is 5.92 Å². The van der Waals surface area contributed by atoms with Gasteiger partial charge in [0.15, 0.2) is 6.67 Å². The summed E-state index contributed by atoms with van der Waals surface area (Å²) in [5.74, 6) is -5.08. The van der Waals surface area contributed by atoms with Crippen LogP contribution in [0.1, 0.15) is 0 Å². The van der Waals surface area contributed by atoms with Crippen LogP contribution in [0.4, 0.5) is 13.2 Å². The molecule has 0 bridgehead atoms. The fraction of sp³-hybridized carbons (Fsp3) is 0.750. The Kier molecular flexibility index (Phi) is 3.01. The molecule has 0 spiro atoms. The Morgan fingerprint density at radius 2 is 2.10 bits per heavy atom. The molecule has 0 radical (unpaired) electrons. The van der Waals surface area contributed by atoms with Gasteiger partial charge in [-0.05, 0) is 0 Å². The second-order valence-electron chi connectivity index (χ2n) is 1.70. The molecule has 0 aliphatic heterocycles. The van der Waals surface area contributed by atoms with Gasteiger partial charge in [-0.15, -0.1) is 0 Å². The van der Waals surface area contributed by atoms with Crippen LogP contribution >= 0.6 is 12.6 Å². The van der Waals surface area contributed by atoms with Gasteiger partial charge in [0.1, 0.15) is 5.25 Å². The van der Waals surface area contributed by atoms with Gasteiger partial charge in [0, 0.05) is 0 Å². The highest BCUT2D eigenvalue weighted by Crippen LogP contribution is 2.22. The number of hydrogen-bond donors (Lipinski definition) is 2. The minimum absolute atomic E-state index is 1.33. The second-order valence-corrected chi connectivity index (χ2v) is 2.22. The highest BCUT2D eigenvalue weighted by molar-refractivity contribution is 7.81. The molecule has 0 aromatic rings. The van der Waals surface area contributed by atoms with Gasteiger partial charge in [-0.2, -0.15) is 12.6 Å². The average molecular weight is 173 g/mol. The molecular weight excluding hydrogens is 167 g/mol. The van der Waals surface area contributed by atoms with Gasteiger partial charge in [-0.3, -0.25) is 4.79 Å². The van der Waals surface area contributed by atoms with Crippen molar-refractivity contribution in [3.05, 3.63) is 0 Å². The van der Waals surface area contributed by atoms with E-state index in [2.05, 4.69) is 18.4 Å². The molecule has 10 heavy (non-hydrogen) atoms. The molecule has 0 aromatic heterocycles. The van der Waals surface area contributed by atoms with Gasteiger partial charge in [0.05, 0.1) is 0 Å². The number of thiol groups is 1. The van der Waals surface area contributed by atoms with Crippen molar-refractivity contribution in [1.29, 1.82) is 0 Å². The molecule has 0 rings (SSSR count). The van der Waals surface area contributed by atoms with Crippen molar-refractivity contribution in [2.45, 2.75) is 11.2 Å². The Morgan fingerprint density at radius 1 is 1.70 bits per heavy atom. The zero-order valence-corrected chi connectivity index (χ0v) is 5.75. The van der Waals surface area contributed by atoms with Crippen LogP contribution in [0.25, 0.3) is 0 Å². The first-order chi connectivity index (χ1) is 4.41. The third-order valence-electron chi connectivity index (χ3n) is 0.848. The van der Waals surface area contributed by atoms with Crippen molar-refractivity contribution in [2.75, 3.05) is 6.67 Å². The minimum atomic E-state index is -3.76. The first-order valence-electron chi connectivity index (χ1n) is 2.33. The van der Waals surface area contributed by atoms with Crippen LogP contribution in [0, 0.1) is 0 Å². The predicted molar refractivity (Wildman–Crippen MR) is 32.9 cm³/mol. The van der Waals surface area contributed by atoms with Crippen LogP contribution in [-0.4, -0.2) is 23.8 Å². The Labute approximate surface area is 61.0 Å². The molecule has 0 aliphatic carbocycles. The van der Waals surface area contributed by atoms with Gasteiger partial charge in [-0.25, -0.2) is 13.2 Å². The van der Waals surface area contributed by atoms with E-state index in [4.69, 9.17) is 0 Å². The topological polar surface area (TPSA) is 43.1 Å². The SMILES string of the molecule is NC(=O)C(S)C(F)(F)CF. The second kappa shape index (κ2) is 3.14. The lowest BCUT2D eigenvalue weighted by Gasteiger charge is -2.15. The van der Waals surface area contributed by atoms with Gasteiger partial charge < -0.3 is 5.73 Å². The van der Waals surface area contributed by atoms with E-state index in [9.17, 15) is 18.0 Å². The Bertz CT molecular complexity index is 140. The molecule has 60 valence electrons. The predicted octanol–water partition coefficient (Wildman–Crippen LogP) is 0.375. The molecule has 0 heterocycles. The number of nitrogens with two attached hydrogens (primary N) is 1. The number of carbonyl (C=O) groups is 1. The zero-order chi connectivity index (χ0) is 8.36. The quantitative estimate of drug-likeness (QED) is 0.595. The number of alkyl halides is 3. The van der Waals surface area contributed by atoms with Crippen molar-refractivity contribution in [2.24, 2.45) is 5.73 Å². The highest BCUT2D eigenvalue weighted by Gasteiger charge is 2.41. The van der Waals surface area contributed by atoms with E-state index in [1.807, 2.05) is 0 Å². The lowest BCUT2D eigenvalue weighted by atomic mass is 10.2. The smallest absolute Gasteiger partial charge is 0.296 e. The Morgan fingerprint density at radius 3 is 2.20 bits per heavy atom. The third kappa shape index (κ3) is 2.09. The normalized spacial score (nSPS) is 14.8. The van der Waals surface area contributed by atoms with Crippen molar-refractivity contribution >= 4 is 18.5 Å². The first kappa shape index (κ1) is 9.61. The number of rotatable bonds is 3. The van der Waals surface area contributed by atoms with Crippen LogP contribution in [-0.2, 0) is 4.79 Å². The number of hydrogen-bond acceptors (Lipinski definition) is 2. The van der Waals surface area contributed by atoms with Gasteiger partial charge in [-0.1, -0.05) is 0 Å². The Hall–Kier alpha value is -0.390. The maximum atomic E-state index is 12.0.